The van der Waals surface area contributed by atoms with Crippen molar-refractivity contribution in [3.05, 3.63) is 0 Å². The molecule has 0 bridgehead atoms. The van der Waals surface area contributed by atoms with Crippen molar-refractivity contribution in [2.45, 2.75) is 50.6 Å². The molecule has 0 radical (unpaired) electrons. The van der Waals surface area contributed by atoms with Crippen LogP contribution in [0, 0.1) is 5.92 Å². The monoisotopic (exact) mass is 238 g/mol. The minimum absolute atomic E-state index is 0.495. The Labute approximate surface area is 105 Å². The molecule has 0 aromatic carbocycles. The molecular weight excluding hydrogens is 212 g/mol. The average molecular weight is 238 g/mol. The summed E-state index contributed by atoms with van der Waals surface area (Å²) in [7, 11) is 0. The van der Waals surface area contributed by atoms with Crippen LogP contribution in [0.3, 0.4) is 0 Å². The minimum Gasteiger partial charge on any atom is -0.381 e. The molecule has 98 valence electrons. The zero-order chi connectivity index (χ0) is 11.7. The Hall–Kier alpha value is -0.120. The highest BCUT2D eigenvalue weighted by Crippen LogP contribution is 2.37. The normalized spacial score (nSPS) is 37.9. The van der Waals surface area contributed by atoms with Gasteiger partial charge in [0.2, 0.25) is 0 Å². The summed E-state index contributed by atoms with van der Waals surface area (Å²) >= 11 is 0. The molecule has 1 aliphatic carbocycles. The van der Waals surface area contributed by atoms with E-state index in [1.165, 1.54) is 51.7 Å². The van der Waals surface area contributed by atoms with Gasteiger partial charge in [-0.25, -0.2) is 0 Å². The topological polar surface area (TPSA) is 24.5 Å². The molecule has 2 saturated heterocycles. The Bertz CT molecular complexity index is 257. The molecule has 3 heteroatoms. The van der Waals surface area contributed by atoms with Gasteiger partial charge in [0, 0.05) is 37.8 Å². The van der Waals surface area contributed by atoms with Gasteiger partial charge in [-0.05, 0) is 32.1 Å². The molecule has 0 aromatic rings. The molecule has 0 aromatic heterocycles. The van der Waals surface area contributed by atoms with Crippen molar-refractivity contribution in [3.8, 4) is 0 Å². The third kappa shape index (κ3) is 2.38. The molecule has 2 atom stereocenters. The van der Waals surface area contributed by atoms with Gasteiger partial charge in [-0.3, -0.25) is 4.90 Å². The van der Waals surface area contributed by atoms with Crippen LogP contribution in [0.1, 0.15) is 39.0 Å². The van der Waals surface area contributed by atoms with Crippen LogP contribution in [-0.2, 0) is 4.74 Å². The second-order valence-corrected chi connectivity index (χ2v) is 6.35. The quantitative estimate of drug-likeness (QED) is 0.791. The summed E-state index contributed by atoms with van der Waals surface area (Å²) in [6.45, 7) is 8.01. The standard InChI is InChI=1S/C14H26N2O/c1-12-8-16(9-13-4-7-17-10-13)14(11-15-12)5-2-3-6-14/h12-13,15H,2-11H2,1H3. The van der Waals surface area contributed by atoms with E-state index < -0.39 is 0 Å². The van der Waals surface area contributed by atoms with E-state index in [1.54, 1.807) is 0 Å². The first-order chi connectivity index (χ1) is 8.28. The van der Waals surface area contributed by atoms with Crippen molar-refractivity contribution in [1.82, 2.24) is 10.2 Å². The van der Waals surface area contributed by atoms with Gasteiger partial charge in [0.15, 0.2) is 0 Å². The van der Waals surface area contributed by atoms with Gasteiger partial charge in [-0.15, -0.1) is 0 Å². The second kappa shape index (κ2) is 4.87. The molecular formula is C14H26N2O. The molecule has 2 aliphatic heterocycles. The van der Waals surface area contributed by atoms with Crippen LogP contribution in [0.15, 0.2) is 0 Å². The second-order valence-electron chi connectivity index (χ2n) is 6.35. The number of rotatable bonds is 2. The maximum atomic E-state index is 5.53. The van der Waals surface area contributed by atoms with E-state index in [-0.39, 0.29) is 0 Å². The number of hydrogen-bond donors (Lipinski definition) is 1. The molecule has 1 spiro atoms. The Balaban J connectivity index is 1.68. The van der Waals surface area contributed by atoms with E-state index in [9.17, 15) is 0 Å². The van der Waals surface area contributed by atoms with Gasteiger partial charge in [0.25, 0.3) is 0 Å². The van der Waals surface area contributed by atoms with Crippen molar-refractivity contribution < 1.29 is 4.74 Å². The highest BCUT2D eigenvalue weighted by Gasteiger charge is 2.43. The first kappa shape index (κ1) is 11.9. The summed E-state index contributed by atoms with van der Waals surface area (Å²) in [6.07, 6.45) is 6.93. The fourth-order valence-corrected chi connectivity index (χ4v) is 3.90. The summed E-state index contributed by atoms with van der Waals surface area (Å²) in [5.74, 6) is 0.790. The zero-order valence-electron chi connectivity index (χ0n) is 11.1. The lowest BCUT2D eigenvalue weighted by Crippen LogP contribution is -2.63. The maximum Gasteiger partial charge on any atom is 0.0507 e. The number of hydrogen-bond acceptors (Lipinski definition) is 3. The Morgan fingerprint density at radius 1 is 1.35 bits per heavy atom. The molecule has 2 heterocycles. The Kier molecular flexibility index (Phi) is 3.42. The number of nitrogens with one attached hydrogen (secondary N) is 1. The lowest BCUT2D eigenvalue weighted by Gasteiger charge is -2.48. The lowest BCUT2D eigenvalue weighted by atomic mass is 9.89. The van der Waals surface area contributed by atoms with Gasteiger partial charge in [0.05, 0.1) is 6.61 Å². The summed E-state index contributed by atoms with van der Waals surface area (Å²) in [5.41, 5.74) is 0.495. The number of piperazine rings is 1. The molecule has 3 rings (SSSR count). The van der Waals surface area contributed by atoms with Crippen molar-refractivity contribution in [2.24, 2.45) is 5.92 Å². The first-order valence-corrected chi connectivity index (χ1v) is 7.35. The summed E-state index contributed by atoms with van der Waals surface area (Å²) in [5, 5.41) is 3.70. The molecule has 3 fully saturated rings. The summed E-state index contributed by atoms with van der Waals surface area (Å²) in [6, 6.07) is 0.656. The first-order valence-electron chi connectivity index (χ1n) is 7.35. The SMILES string of the molecule is CC1CN(CC2CCOC2)C2(CCCC2)CN1. The predicted octanol–water partition coefficient (Wildman–Crippen LogP) is 1.63. The van der Waals surface area contributed by atoms with Crippen molar-refractivity contribution in [3.63, 3.8) is 0 Å². The van der Waals surface area contributed by atoms with E-state index >= 15 is 0 Å². The molecule has 3 aliphatic rings. The average Bonchev–Trinajstić information content (AvgIpc) is 2.96. The van der Waals surface area contributed by atoms with Gasteiger partial charge in [-0.2, -0.15) is 0 Å². The van der Waals surface area contributed by atoms with Gasteiger partial charge in [0.1, 0.15) is 0 Å². The van der Waals surface area contributed by atoms with Crippen molar-refractivity contribution in [1.29, 1.82) is 0 Å². The maximum absolute atomic E-state index is 5.53. The smallest absolute Gasteiger partial charge is 0.0507 e. The Morgan fingerprint density at radius 3 is 2.88 bits per heavy atom. The molecule has 2 unspecified atom stereocenters. The van der Waals surface area contributed by atoms with Crippen LogP contribution in [0.5, 0.6) is 0 Å². The van der Waals surface area contributed by atoms with E-state index in [0.29, 0.717) is 11.6 Å². The van der Waals surface area contributed by atoms with Gasteiger partial charge in [-0.1, -0.05) is 12.8 Å². The summed E-state index contributed by atoms with van der Waals surface area (Å²) in [4.78, 5) is 2.81. The lowest BCUT2D eigenvalue weighted by molar-refractivity contribution is 0.0305. The highest BCUT2D eigenvalue weighted by molar-refractivity contribution is 5.01. The third-order valence-corrected chi connectivity index (χ3v) is 4.98. The van der Waals surface area contributed by atoms with Gasteiger partial charge >= 0.3 is 0 Å². The summed E-state index contributed by atoms with van der Waals surface area (Å²) < 4.78 is 5.53. The van der Waals surface area contributed by atoms with Crippen LogP contribution in [0.25, 0.3) is 0 Å². The van der Waals surface area contributed by atoms with E-state index in [1.807, 2.05) is 0 Å². The minimum atomic E-state index is 0.495. The molecule has 17 heavy (non-hydrogen) atoms. The third-order valence-electron chi connectivity index (χ3n) is 4.98. The predicted molar refractivity (Wildman–Crippen MR) is 69.2 cm³/mol. The number of ether oxygens (including phenoxy) is 1. The van der Waals surface area contributed by atoms with E-state index in [0.717, 1.165) is 19.1 Å². The Morgan fingerprint density at radius 2 is 2.18 bits per heavy atom. The largest absolute Gasteiger partial charge is 0.381 e. The van der Waals surface area contributed by atoms with Crippen LogP contribution in [0.4, 0.5) is 0 Å². The van der Waals surface area contributed by atoms with Crippen LogP contribution < -0.4 is 5.32 Å². The van der Waals surface area contributed by atoms with Crippen LogP contribution in [0.2, 0.25) is 0 Å². The zero-order valence-corrected chi connectivity index (χ0v) is 11.1. The fraction of sp³-hybridized carbons (Fsp3) is 1.00. The van der Waals surface area contributed by atoms with Gasteiger partial charge < -0.3 is 10.1 Å². The van der Waals surface area contributed by atoms with Crippen LogP contribution >= 0.6 is 0 Å². The van der Waals surface area contributed by atoms with E-state index in [4.69, 9.17) is 4.74 Å². The molecule has 1 saturated carbocycles. The van der Waals surface area contributed by atoms with Crippen molar-refractivity contribution in [2.75, 3.05) is 32.8 Å². The highest BCUT2D eigenvalue weighted by atomic mass is 16.5. The molecule has 1 N–H and O–H groups in total. The number of nitrogens with zero attached hydrogens (tertiary/aromatic N) is 1. The fourth-order valence-electron chi connectivity index (χ4n) is 3.90. The molecule has 3 nitrogen and oxygen atoms in total. The van der Waals surface area contributed by atoms with Crippen molar-refractivity contribution >= 4 is 0 Å². The van der Waals surface area contributed by atoms with E-state index in [2.05, 4.69) is 17.1 Å². The van der Waals surface area contributed by atoms with Crippen LogP contribution in [-0.4, -0.2) is 49.3 Å². The molecule has 0 amide bonds.